The minimum Gasteiger partial charge on any atom is -0.419 e. The molecule has 6 heteroatoms. The molecule has 0 aliphatic heterocycles. The van der Waals surface area contributed by atoms with Crippen molar-refractivity contribution in [2.45, 2.75) is 51.0 Å². The van der Waals surface area contributed by atoms with Crippen LogP contribution < -0.4 is 11.5 Å². The van der Waals surface area contributed by atoms with Crippen molar-refractivity contribution in [3.05, 3.63) is 0 Å². The highest BCUT2D eigenvalue weighted by Crippen LogP contribution is 2.36. The van der Waals surface area contributed by atoms with E-state index >= 15 is 0 Å². The summed E-state index contributed by atoms with van der Waals surface area (Å²) in [4.78, 5) is 22.1. The van der Waals surface area contributed by atoms with E-state index in [-0.39, 0.29) is 0 Å². The van der Waals surface area contributed by atoms with Crippen molar-refractivity contribution in [2.24, 2.45) is 11.5 Å². The second-order valence-electron chi connectivity index (χ2n) is 4.19. The molecule has 1 saturated carbocycles. The summed E-state index contributed by atoms with van der Waals surface area (Å²) >= 11 is 0. The van der Waals surface area contributed by atoms with Crippen LogP contribution in [0.5, 0.6) is 0 Å². The Morgan fingerprint density at radius 1 is 1.00 bits per heavy atom. The van der Waals surface area contributed by atoms with E-state index in [0.29, 0.717) is 12.8 Å². The molecule has 0 unspecified atom stereocenters. The summed E-state index contributed by atoms with van der Waals surface area (Å²) in [7, 11) is 0. The number of carbonyl (C=O) groups excluding carboxylic acids is 2. The number of hydrogen-bond acceptors (Lipinski definition) is 6. The Balaban J connectivity index is 2.99. The molecule has 0 aromatic heterocycles. The molecule has 0 radical (unpaired) electrons. The molecule has 0 atom stereocenters. The predicted octanol–water partition coefficient (Wildman–Crippen LogP) is -0.00340. The topological polar surface area (TPSA) is 105 Å². The fraction of sp³-hybridized carbons (Fsp3) is 0.800. The molecular formula is C10H18N2O4. The van der Waals surface area contributed by atoms with Crippen LogP contribution in [0.15, 0.2) is 0 Å². The lowest BCUT2D eigenvalue weighted by Crippen LogP contribution is -2.71. The van der Waals surface area contributed by atoms with E-state index in [4.69, 9.17) is 20.9 Å². The van der Waals surface area contributed by atoms with Crippen molar-refractivity contribution in [1.82, 2.24) is 0 Å². The van der Waals surface area contributed by atoms with Crippen LogP contribution in [0.2, 0.25) is 0 Å². The number of ether oxygens (including phenoxy) is 2. The second kappa shape index (κ2) is 4.39. The normalized spacial score (nSPS) is 22.2. The monoisotopic (exact) mass is 230 g/mol. The Labute approximate surface area is 94.2 Å². The summed E-state index contributed by atoms with van der Waals surface area (Å²) in [6.07, 6.45) is 2.33. The average Bonchev–Trinajstić information content (AvgIpc) is 2.08. The smallest absolute Gasteiger partial charge is 0.306 e. The number of rotatable bonds is 2. The Hall–Kier alpha value is -1.14. The van der Waals surface area contributed by atoms with Crippen LogP contribution >= 0.6 is 0 Å². The first kappa shape index (κ1) is 12.9. The SMILES string of the molecule is CC(=O)OC1(OC(C)=O)CCCCC1(N)N. The van der Waals surface area contributed by atoms with E-state index < -0.39 is 23.4 Å². The van der Waals surface area contributed by atoms with Gasteiger partial charge in [-0.1, -0.05) is 0 Å². The van der Waals surface area contributed by atoms with E-state index in [9.17, 15) is 9.59 Å². The van der Waals surface area contributed by atoms with Gasteiger partial charge in [0.25, 0.3) is 5.79 Å². The van der Waals surface area contributed by atoms with Crippen molar-refractivity contribution >= 4 is 11.9 Å². The van der Waals surface area contributed by atoms with E-state index in [1.54, 1.807) is 0 Å². The molecule has 4 N–H and O–H groups in total. The van der Waals surface area contributed by atoms with Crippen molar-refractivity contribution in [3.63, 3.8) is 0 Å². The van der Waals surface area contributed by atoms with Gasteiger partial charge < -0.3 is 20.9 Å². The zero-order chi connectivity index (χ0) is 12.4. The molecule has 1 fully saturated rings. The Bertz CT molecular complexity index is 285. The van der Waals surface area contributed by atoms with Crippen LogP contribution in [0.4, 0.5) is 0 Å². The molecule has 0 spiro atoms. The standard InChI is InChI=1S/C10H18N2O4/c1-7(13)15-10(16-8(2)14)6-4-3-5-9(10,11)12/h3-6,11-12H2,1-2H3. The van der Waals surface area contributed by atoms with Crippen molar-refractivity contribution < 1.29 is 19.1 Å². The molecule has 0 amide bonds. The first-order valence-electron chi connectivity index (χ1n) is 5.26. The fourth-order valence-electron chi connectivity index (χ4n) is 1.98. The summed E-state index contributed by atoms with van der Waals surface area (Å²) in [6.45, 7) is 2.46. The number of hydrogen-bond donors (Lipinski definition) is 2. The molecule has 0 heterocycles. The molecule has 0 aromatic carbocycles. The molecule has 16 heavy (non-hydrogen) atoms. The maximum Gasteiger partial charge on any atom is 0.306 e. The van der Waals surface area contributed by atoms with Gasteiger partial charge in [0, 0.05) is 20.3 Å². The van der Waals surface area contributed by atoms with Crippen LogP contribution in [0.3, 0.4) is 0 Å². The van der Waals surface area contributed by atoms with Gasteiger partial charge in [0.15, 0.2) is 0 Å². The molecule has 0 saturated heterocycles. The van der Waals surface area contributed by atoms with Gasteiger partial charge in [-0.15, -0.1) is 0 Å². The predicted molar refractivity (Wildman–Crippen MR) is 55.8 cm³/mol. The minimum absolute atomic E-state index is 0.332. The lowest BCUT2D eigenvalue weighted by atomic mass is 9.84. The summed E-state index contributed by atoms with van der Waals surface area (Å²) < 4.78 is 10.1. The quantitative estimate of drug-likeness (QED) is 0.511. The summed E-state index contributed by atoms with van der Waals surface area (Å²) in [6, 6.07) is 0. The fourth-order valence-corrected chi connectivity index (χ4v) is 1.98. The molecule has 92 valence electrons. The number of nitrogens with two attached hydrogens (primary N) is 2. The highest BCUT2D eigenvalue weighted by atomic mass is 16.7. The molecule has 1 aliphatic rings. The van der Waals surface area contributed by atoms with Gasteiger partial charge in [-0.2, -0.15) is 0 Å². The summed E-state index contributed by atoms with van der Waals surface area (Å²) in [5, 5.41) is 0. The van der Waals surface area contributed by atoms with Gasteiger partial charge >= 0.3 is 11.9 Å². The third-order valence-corrected chi connectivity index (χ3v) is 2.67. The van der Waals surface area contributed by atoms with E-state index in [2.05, 4.69) is 0 Å². The van der Waals surface area contributed by atoms with Crippen molar-refractivity contribution in [3.8, 4) is 0 Å². The zero-order valence-corrected chi connectivity index (χ0v) is 9.62. The first-order valence-corrected chi connectivity index (χ1v) is 5.26. The Morgan fingerprint density at radius 3 is 1.81 bits per heavy atom. The van der Waals surface area contributed by atoms with Crippen LogP contribution in [-0.4, -0.2) is 23.4 Å². The van der Waals surface area contributed by atoms with Crippen LogP contribution in [0.25, 0.3) is 0 Å². The highest BCUT2D eigenvalue weighted by molar-refractivity contribution is 5.69. The van der Waals surface area contributed by atoms with Gasteiger partial charge in [0.1, 0.15) is 5.66 Å². The Morgan fingerprint density at radius 2 is 1.44 bits per heavy atom. The van der Waals surface area contributed by atoms with Gasteiger partial charge in [-0.25, -0.2) is 0 Å². The number of carbonyl (C=O) groups is 2. The average molecular weight is 230 g/mol. The van der Waals surface area contributed by atoms with Crippen LogP contribution in [0.1, 0.15) is 39.5 Å². The zero-order valence-electron chi connectivity index (χ0n) is 9.62. The third kappa shape index (κ3) is 2.51. The van der Waals surface area contributed by atoms with E-state index in [1.165, 1.54) is 13.8 Å². The number of esters is 2. The highest BCUT2D eigenvalue weighted by Gasteiger charge is 2.54. The lowest BCUT2D eigenvalue weighted by molar-refractivity contribution is -0.261. The molecule has 0 aromatic rings. The molecule has 1 aliphatic carbocycles. The van der Waals surface area contributed by atoms with Crippen LogP contribution in [0, 0.1) is 0 Å². The summed E-state index contributed by atoms with van der Waals surface area (Å²) in [5.74, 6) is -2.66. The van der Waals surface area contributed by atoms with Crippen molar-refractivity contribution in [2.75, 3.05) is 0 Å². The lowest BCUT2D eigenvalue weighted by Gasteiger charge is -2.46. The van der Waals surface area contributed by atoms with Crippen molar-refractivity contribution in [1.29, 1.82) is 0 Å². The maximum absolute atomic E-state index is 11.1. The maximum atomic E-state index is 11.1. The first-order chi connectivity index (χ1) is 7.29. The second-order valence-corrected chi connectivity index (χ2v) is 4.19. The van der Waals surface area contributed by atoms with Gasteiger partial charge in [-0.3, -0.25) is 9.59 Å². The third-order valence-electron chi connectivity index (χ3n) is 2.67. The van der Waals surface area contributed by atoms with Gasteiger partial charge in [0.05, 0.1) is 0 Å². The van der Waals surface area contributed by atoms with Gasteiger partial charge in [0.2, 0.25) is 0 Å². The van der Waals surface area contributed by atoms with Gasteiger partial charge in [-0.05, 0) is 19.3 Å². The van der Waals surface area contributed by atoms with Crippen LogP contribution in [-0.2, 0) is 19.1 Å². The summed E-state index contributed by atoms with van der Waals surface area (Å²) in [5.41, 5.74) is 10.4. The molecule has 1 rings (SSSR count). The van der Waals surface area contributed by atoms with E-state index in [0.717, 1.165) is 12.8 Å². The largest absolute Gasteiger partial charge is 0.419 e. The van der Waals surface area contributed by atoms with E-state index in [1.807, 2.05) is 0 Å². The Kier molecular flexibility index (Phi) is 3.54. The molecule has 0 bridgehead atoms. The minimum atomic E-state index is -1.52. The molecular weight excluding hydrogens is 212 g/mol. The molecule has 6 nitrogen and oxygen atoms in total.